The van der Waals surface area contributed by atoms with Gasteiger partial charge in [0.25, 0.3) is 0 Å². The van der Waals surface area contributed by atoms with Crippen LogP contribution in [0.2, 0.25) is 0 Å². The van der Waals surface area contributed by atoms with Crippen LogP contribution in [0.15, 0.2) is 47.6 Å². The van der Waals surface area contributed by atoms with Gasteiger partial charge in [0, 0.05) is 47.1 Å². The van der Waals surface area contributed by atoms with Gasteiger partial charge in [0.1, 0.15) is 17.3 Å². The maximum atomic E-state index is 14.2. The topological polar surface area (TPSA) is 153 Å². The summed E-state index contributed by atoms with van der Waals surface area (Å²) in [7, 11) is -2.37. The second kappa shape index (κ2) is 10.1. The third-order valence-corrected chi connectivity index (χ3v) is 9.26. The highest BCUT2D eigenvalue weighted by molar-refractivity contribution is 7.91. The highest BCUT2D eigenvalue weighted by atomic mass is 32.2. The molecule has 2 aliphatic rings. The summed E-state index contributed by atoms with van der Waals surface area (Å²) in [5, 5.41) is 13.8. The van der Waals surface area contributed by atoms with E-state index >= 15 is 0 Å². The molecule has 2 aliphatic heterocycles. The minimum Gasteiger partial charge on any atom is -0.494 e. The molecule has 2 fully saturated rings. The molecule has 5 heterocycles. The van der Waals surface area contributed by atoms with Crippen LogP contribution in [-0.4, -0.2) is 76.0 Å². The van der Waals surface area contributed by atoms with Crippen LogP contribution in [0.25, 0.3) is 28.0 Å². The molecule has 2 bridgehead atoms. The van der Waals surface area contributed by atoms with Crippen molar-refractivity contribution in [3.8, 4) is 28.1 Å². The first kappa shape index (κ1) is 27.1. The number of aliphatic hydroxyl groups is 1. The van der Waals surface area contributed by atoms with E-state index in [0.29, 0.717) is 46.6 Å². The van der Waals surface area contributed by atoms with Crippen molar-refractivity contribution in [2.45, 2.75) is 48.6 Å². The third kappa shape index (κ3) is 4.58. The standard InChI is InChI=1S/C28H29FN6O5S/c1-40-23-8-4-15(11-21(23)29)22-7-3-16(12-31-22)20-13-32-35-27(30)26(41(2,38)39)25(33-28(20)35)17-9-18-5-6-19(10-17)34(18)24(37)14-36/h3-4,7-8,11-13,17-19,36H,5-6,9-10,14,30H2,1-2H3/t17-,18-,19?/m0/s1. The lowest BCUT2D eigenvalue weighted by atomic mass is 9.87. The molecular weight excluding hydrogens is 551 g/mol. The molecule has 6 rings (SSSR count). The molecule has 41 heavy (non-hydrogen) atoms. The van der Waals surface area contributed by atoms with Gasteiger partial charge in [0.2, 0.25) is 5.91 Å². The number of amides is 1. The summed E-state index contributed by atoms with van der Waals surface area (Å²) >= 11 is 0. The number of piperidine rings is 1. The quantitative estimate of drug-likeness (QED) is 0.351. The molecular formula is C28H29FN6O5S. The normalized spacial score (nSPS) is 20.5. The number of halogens is 1. The molecule has 4 aromatic rings. The molecule has 3 aromatic heterocycles. The van der Waals surface area contributed by atoms with E-state index in [2.05, 4.69) is 10.1 Å². The number of pyridine rings is 1. The van der Waals surface area contributed by atoms with Gasteiger partial charge < -0.3 is 20.5 Å². The lowest BCUT2D eigenvalue weighted by molar-refractivity contribution is -0.138. The second-order valence-electron chi connectivity index (χ2n) is 10.6. The van der Waals surface area contributed by atoms with Crippen LogP contribution in [-0.2, 0) is 14.6 Å². The number of anilines is 1. The second-order valence-corrected chi connectivity index (χ2v) is 12.5. The zero-order chi connectivity index (χ0) is 29.1. The Labute approximate surface area is 235 Å². The van der Waals surface area contributed by atoms with E-state index in [1.807, 2.05) is 6.07 Å². The molecule has 2 saturated heterocycles. The maximum absolute atomic E-state index is 14.2. The summed E-state index contributed by atoms with van der Waals surface area (Å²) in [6.07, 6.45) is 6.89. The number of aromatic nitrogens is 4. The number of carbonyl (C=O) groups excluding carboxylic acids is 1. The molecule has 0 saturated carbocycles. The molecule has 0 spiro atoms. The first-order chi connectivity index (χ1) is 19.6. The molecule has 1 aromatic carbocycles. The summed E-state index contributed by atoms with van der Waals surface area (Å²) < 4.78 is 46.5. The van der Waals surface area contributed by atoms with Crippen molar-refractivity contribution < 1.29 is 27.4 Å². The molecule has 1 amide bonds. The fourth-order valence-corrected chi connectivity index (χ4v) is 7.38. The molecule has 0 aliphatic carbocycles. The number of carbonyl (C=O) groups is 1. The van der Waals surface area contributed by atoms with E-state index in [-0.39, 0.29) is 40.4 Å². The monoisotopic (exact) mass is 580 g/mol. The maximum Gasteiger partial charge on any atom is 0.248 e. The van der Waals surface area contributed by atoms with Gasteiger partial charge in [-0.05, 0) is 49.9 Å². The number of nitrogens with zero attached hydrogens (tertiary/aromatic N) is 5. The Morgan fingerprint density at radius 2 is 1.85 bits per heavy atom. The molecule has 1 unspecified atom stereocenters. The Morgan fingerprint density at radius 1 is 1.15 bits per heavy atom. The van der Waals surface area contributed by atoms with Gasteiger partial charge in [-0.3, -0.25) is 9.78 Å². The van der Waals surface area contributed by atoms with Crippen molar-refractivity contribution in [1.29, 1.82) is 0 Å². The first-order valence-electron chi connectivity index (χ1n) is 13.2. The number of hydrogen-bond donors (Lipinski definition) is 2. The number of hydrogen-bond acceptors (Lipinski definition) is 9. The fourth-order valence-electron chi connectivity index (χ4n) is 6.32. The van der Waals surface area contributed by atoms with Crippen LogP contribution >= 0.6 is 0 Å². The Morgan fingerprint density at radius 3 is 2.44 bits per heavy atom. The van der Waals surface area contributed by atoms with Crippen molar-refractivity contribution in [2.75, 3.05) is 25.7 Å². The Hall–Kier alpha value is -4.10. The lowest BCUT2D eigenvalue weighted by Gasteiger charge is -2.39. The summed E-state index contributed by atoms with van der Waals surface area (Å²) in [6.45, 7) is -0.553. The molecule has 13 heteroatoms. The van der Waals surface area contributed by atoms with E-state index in [4.69, 9.17) is 15.5 Å². The SMILES string of the molecule is COc1ccc(-c2ccc(-c3cnn4c(N)c(S(C)(=O)=O)c([C@@H]5CC6CC[C@@H](C5)N6C(=O)CO)nc34)cn2)cc1F. The Balaban J connectivity index is 1.41. The molecule has 3 N–H and O–H groups in total. The van der Waals surface area contributed by atoms with Crippen LogP contribution < -0.4 is 10.5 Å². The van der Waals surface area contributed by atoms with Gasteiger partial charge in [-0.1, -0.05) is 6.07 Å². The number of ether oxygens (including phenoxy) is 1. The van der Waals surface area contributed by atoms with Crippen LogP contribution in [0.4, 0.5) is 10.2 Å². The Kier molecular flexibility index (Phi) is 6.65. The van der Waals surface area contributed by atoms with Crippen LogP contribution in [0.1, 0.15) is 37.3 Å². The number of nitrogens with two attached hydrogens (primary N) is 1. The van der Waals surface area contributed by atoms with Crippen molar-refractivity contribution in [3.63, 3.8) is 0 Å². The Bertz CT molecular complexity index is 1760. The minimum absolute atomic E-state index is 0.0294. The van der Waals surface area contributed by atoms with Gasteiger partial charge in [-0.2, -0.15) is 9.61 Å². The van der Waals surface area contributed by atoms with Crippen LogP contribution in [0.3, 0.4) is 0 Å². The van der Waals surface area contributed by atoms with Gasteiger partial charge in [-0.15, -0.1) is 0 Å². The van der Waals surface area contributed by atoms with Gasteiger partial charge >= 0.3 is 0 Å². The predicted molar refractivity (Wildman–Crippen MR) is 148 cm³/mol. The number of fused-ring (bicyclic) bond motifs is 3. The third-order valence-electron chi connectivity index (χ3n) is 8.10. The van der Waals surface area contributed by atoms with Crippen LogP contribution in [0.5, 0.6) is 5.75 Å². The summed E-state index contributed by atoms with van der Waals surface area (Å²) in [4.78, 5) is 23.4. The fraction of sp³-hybridized carbons (Fsp3) is 0.357. The van der Waals surface area contributed by atoms with Crippen LogP contribution in [0, 0.1) is 5.82 Å². The number of methoxy groups -OCH3 is 1. The number of nitrogen functional groups attached to an aromatic ring is 1. The largest absolute Gasteiger partial charge is 0.494 e. The van der Waals surface area contributed by atoms with Gasteiger partial charge in [0.05, 0.1) is 24.7 Å². The highest BCUT2D eigenvalue weighted by Crippen LogP contribution is 2.45. The molecule has 11 nitrogen and oxygen atoms in total. The van der Waals surface area contributed by atoms with E-state index in [1.54, 1.807) is 29.4 Å². The van der Waals surface area contributed by atoms with Crippen molar-refractivity contribution in [2.24, 2.45) is 0 Å². The summed E-state index contributed by atoms with van der Waals surface area (Å²) in [6, 6.07) is 7.96. The van der Waals surface area contributed by atoms with Gasteiger partial charge in [-0.25, -0.2) is 17.8 Å². The predicted octanol–water partition coefficient (Wildman–Crippen LogP) is 2.82. The number of sulfone groups is 1. The number of benzene rings is 1. The van der Waals surface area contributed by atoms with Crippen molar-refractivity contribution >= 4 is 27.2 Å². The van der Waals surface area contributed by atoms with Crippen molar-refractivity contribution in [1.82, 2.24) is 24.5 Å². The minimum atomic E-state index is -3.78. The lowest BCUT2D eigenvalue weighted by Crippen LogP contribution is -2.47. The average Bonchev–Trinajstić information content (AvgIpc) is 3.50. The van der Waals surface area contributed by atoms with E-state index in [1.165, 1.54) is 23.8 Å². The van der Waals surface area contributed by atoms with Gasteiger partial charge in [0.15, 0.2) is 27.1 Å². The summed E-state index contributed by atoms with van der Waals surface area (Å²) in [5.74, 6) is -0.942. The smallest absolute Gasteiger partial charge is 0.248 e. The zero-order valence-corrected chi connectivity index (χ0v) is 23.3. The average molecular weight is 581 g/mol. The van der Waals surface area contributed by atoms with E-state index in [9.17, 15) is 22.7 Å². The highest BCUT2D eigenvalue weighted by Gasteiger charge is 2.45. The van der Waals surface area contributed by atoms with E-state index in [0.717, 1.165) is 19.1 Å². The molecule has 0 radical (unpaired) electrons. The number of aliphatic hydroxyl groups excluding tert-OH is 1. The summed E-state index contributed by atoms with van der Waals surface area (Å²) in [5.41, 5.74) is 9.61. The first-order valence-corrected chi connectivity index (χ1v) is 15.1. The van der Waals surface area contributed by atoms with Crippen molar-refractivity contribution in [3.05, 3.63) is 54.2 Å². The zero-order valence-electron chi connectivity index (χ0n) is 22.5. The van der Waals surface area contributed by atoms with E-state index < -0.39 is 22.3 Å². The molecule has 214 valence electrons. The number of rotatable bonds is 6. The molecule has 3 atom stereocenters.